The van der Waals surface area contributed by atoms with Crippen molar-refractivity contribution in [3.05, 3.63) is 53.6 Å². The van der Waals surface area contributed by atoms with Crippen LogP contribution in [0.15, 0.2) is 42.5 Å². The zero-order valence-corrected chi connectivity index (χ0v) is 22.5. The summed E-state index contributed by atoms with van der Waals surface area (Å²) >= 11 is 0. The zero-order chi connectivity index (χ0) is 26.0. The van der Waals surface area contributed by atoms with Gasteiger partial charge < -0.3 is 20.7 Å². The number of aryl methyl sites for hydroxylation is 1. The molecule has 0 aromatic heterocycles. The average Bonchev–Trinajstić information content (AvgIpc) is 2.87. The van der Waals surface area contributed by atoms with E-state index in [0.29, 0.717) is 30.1 Å². The van der Waals surface area contributed by atoms with Gasteiger partial charge in [0.2, 0.25) is 0 Å². The van der Waals surface area contributed by atoms with Crippen LogP contribution in [-0.4, -0.2) is 25.1 Å². The quantitative estimate of drug-likeness (QED) is 0.194. The van der Waals surface area contributed by atoms with Crippen LogP contribution in [-0.2, 0) is 0 Å². The summed E-state index contributed by atoms with van der Waals surface area (Å²) in [7, 11) is 0. The first-order valence-corrected chi connectivity index (χ1v) is 13.7. The lowest BCUT2D eigenvalue weighted by Crippen LogP contribution is -2.25. The Bertz CT molecular complexity index is 912. The largest absolute Gasteiger partial charge is 0.494 e. The zero-order valence-electron chi connectivity index (χ0n) is 22.5. The van der Waals surface area contributed by atoms with Gasteiger partial charge in [-0.15, -0.1) is 0 Å². The second-order valence-electron chi connectivity index (χ2n) is 9.42. The molecule has 6 nitrogen and oxygen atoms in total. The topological polar surface area (TPSA) is 79.5 Å². The van der Waals surface area contributed by atoms with Gasteiger partial charge in [-0.3, -0.25) is 4.79 Å². The Morgan fingerprint density at radius 2 is 1.39 bits per heavy atom. The lowest BCUT2D eigenvalue weighted by Gasteiger charge is -2.12. The number of nitrogens with one attached hydrogen (secondary N) is 3. The van der Waals surface area contributed by atoms with Crippen molar-refractivity contribution in [3.63, 3.8) is 0 Å². The maximum Gasteiger partial charge on any atom is 0.323 e. The Morgan fingerprint density at radius 3 is 2.06 bits per heavy atom. The molecule has 0 aliphatic carbocycles. The first-order valence-electron chi connectivity index (χ1n) is 13.7. The third kappa shape index (κ3) is 11.6. The van der Waals surface area contributed by atoms with Gasteiger partial charge in [0.25, 0.3) is 5.91 Å². The van der Waals surface area contributed by atoms with Crippen LogP contribution in [0, 0.1) is 6.92 Å². The Kier molecular flexibility index (Phi) is 14.1. The molecule has 0 spiro atoms. The molecule has 0 aliphatic heterocycles. The molecule has 0 aliphatic rings. The molecular weight excluding hydrogens is 450 g/mol. The van der Waals surface area contributed by atoms with Crippen LogP contribution in [0.4, 0.5) is 16.2 Å². The van der Waals surface area contributed by atoms with E-state index in [1.54, 1.807) is 12.1 Å². The summed E-state index contributed by atoms with van der Waals surface area (Å²) < 4.78 is 5.84. The fraction of sp³-hybridized carbons (Fsp3) is 0.533. The van der Waals surface area contributed by atoms with Crippen molar-refractivity contribution in [2.24, 2.45) is 0 Å². The minimum absolute atomic E-state index is 0.134. The fourth-order valence-corrected chi connectivity index (χ4v) is 3.90. The van der Waals surface area contributed by atoms with E-state index in [9.17, 15) is 9.59 Å². The standard InChI is InChI=1S/C30H45N3O3/c1-4-6-8-9-10-11-12-13-14-22-36-27-19-17-26(18-20-27)32-30(35)33-28-23-25(16-15-24(28)3)29(34)31-21-7-5-2/h15-20,23H,4-14,21-22H2,1-3H3,(H,31,34)(H2,32,33,35). The Hall–Kier alpha value is -3.02. The lowest BCUT2D eigenvalue weighted by atomic mass is 10.1. The van der Waals surface area contributed by atoms with Crippen molar-refractivity contribution in [1.82, 2.24) is 5.32 Å². The Balaban J connectivity index is 1.71. The van der Waals surface area contributed by atoms with E-state index in [1.165, 1.54) is 51.4 Å². The number of urea groups is 1. The van der Waals surface area contributed by atoms with Crippen LogP contribution in [0.2, 0.25) is 0 Å². The maximum absolute atomic E-state index is 12.5. The number of hydrogen-bond acceptors (Lipinski definition) is 3. The molecule has 3 N–H and O–H groups in total. The van der Waals surface area contributed by atoms with Gasteiger partial charge in [-0.25, -0.2) is 4.79 Å². The summed E-state index contributed by atoms with van der Waals surface area (Å²) in [4.78, 5) is 24.9. The predicted molar refractivity (Wildman–Crippen MR) is 150 cm³/mol. The SMILES string of the molecule is CCCCCCCCCCCOc1ccc(NC(=O)Nc2cc(C(=O)NCCCC)ccc2C)cc1. The van der Waals surface area contributed by atoms with Crippen molar-refractivity contribution in [2.45, 2.75) is 91.4 Å². The molecule has 6 heteroatoms. The van der Waals surface area contributed by atoms with Crippen molar-refractivity contribution in [2.75, 3.05) is 23.8 Å². The lowest BCUT2D eigenvalue weighted by molar-refractivity contribution is 0.0953. The number of anilines is 2. The van der Waals surface area contributed by atoms with E-state index in [-0.39, 0.29) is 11.9 Å². The van der Waals surface area contributed by atoms with Gasteiger partial charge in [0.05, 0.1) is 6.61 Å². The van der Waals surface area contributed by atoms with Gasteiger partial charge in [-0.2, -0.15) is 0 Å². The van der Waals surface area contributed by atoms with Crippen molar-refractivity contribution in [1.29, 1.82) is 0 Å². The summed E-state index contributed by atoms with van der Waals surface area (Å²) in [6.45, 7) is 7.59. The van der Waals surface area contributed by atoms with Crippen LogP contribution >= 0.6 is 0 Å². The molecule has 0 fully saturated rings. The molecule has 36 heavy (non-hydrogen) atoms. The van der Waals surface area contributed by atoms with Crippen LogP contribution in [0.5, 0.6) is 5.75 Å². The number of hydrogen-bond donors (Lipinski definition) is 3. The Labute approximate surface area is 217 Å². The molecule has 0 radical (unpaired) electrons. The molecule has 3 amide bonds. The average molecular weight is 496 g/mol. The highest BCUT2D eigenvalue weighted by Crippen LogP contribution is 2.19. The highest BCUT2D eigenvalue weighted by molar-refractivity contribution is 6.02. The second-order valence-corrected chi connectivity index (χ2v) is 9.42. The third-order valence-corrected chi connectivity index (χ3v) is 6.19. The molecule has 2 aromatic carbocycles. The highest BCUT2D eigenvalue weighted by atomic mass is 16.5. The number of unbranched alkanes of at least 4 members (excludes halogenated alkanes) is 9. The van der Waals surface area contributed by atoms with E-state index in [0.717, 1.165) is 30.6 Å². The summed E-state index contributed by atoms with van der Waals surface area (Å²) in [5.41, 5.74) is 2.70. The minimum Gasteiger partial charge on any atom is -0.494 e. The van der Waals surface area contributed by atoms with E-state index < -0.39 is 0 Å². The third-order valence-electron chi connectivity index (χ3n) is 6.19. The van der Waals surface area contributed by atoms with E-state index in [2.05, 4.69) is 29.8 Å². The molecule has 0 bridgehead atoms. The number of amides is 3. The number of rotatable bonds is 17. The first-order chi connectivity index (χ1) is 17.5. The second kappa shape index (κ2) is 17.4. The monoisotopic (exact) mass is 495 g/mol. The van der Waals surface area contributed by atoms with Crippen molar-refractivity contribution in [3.8, 4) is 5.75 Å². The van der Waals surface area contributed by atoms with Gasteiger partial charge >= 0.3 is 6.03 Å². The summed E-state index contributed by atoms with van der Waals surface area (Å²) in [5, 5.41) is 8.59. The van der Waals surface area contributed by atoms with Gasteiger partial charge in [0, 0.05) is 23.5 Å². The molecule has 2 rings (SSSR count). The molecule has 0 saturated heterocycles. The van der Waals surface area contributed by atoms with Gasteiger partial charge in [0.15, 0.2) is 0 Å². The summed E-state index contributed by atoms with van der Waals surface area (Å²) in [5.74, 6) is 0.670. The Morgan fingerprint density at radius 1 is 0.750 bits per heavy atom. The smallest absolute Gasteiger partial charge is 0.323 e. The van der Waals surface area contributed by atoms with Gasteiger partial charge in [-0.1, -0.05) is 77.7 Å². The van der Waals surface area contributed by atoms with Crippen LogP contribution in [0.3, 0.4) is 0 Å². The molecular formula is C30H45N3O3. The van der Waals surface area contributed by atoms with Crippen LogP contribution in [0.25, 0.3) is 0 Å². The number of benzene rings is 2. The number of carbonyl (C=O) groups is 2. The maximum atomic E-state index is 12.5. The molecule has 198 valence electrons. The fourth-order valence-electron chi connectivity index (χ4n) is 3.90. The van der Waals surface area contributed by atoms with Crippen LogP contribution in [0.1, 0.15) is 100 Å². The number of carbonyl (C=O) groups excluding carboxylic acids is 2. The molecule has 0 heterocycles. The highest BCUT2D eigenvalue weighted by Gasteiger charge is 2.10. The van der Waals surface area contributed by atoms with Crippen molar-refractivity contribution >= 4 is 23.3 Å². The van der Waals surface area contributed by atoms with E-state index in [1.807, 2.05) is 37.3 Å². The molecule has 0 saturated carbocycles. The predicted octanol–water partition coefficient (Wildman–Crippen LogP) is 8.08. The van der Waals surface area contributed by atoms with Crippen molar-refractivity contribution < 1.29 is 14.3 Å². The van der Waals surface area contributed by atoms with Gasteiger partial charge in [0.1, 0.15) is 5.75 Å². The normalized spacial score (nSPS) is 10.6. The summed E-state index contributed by atoms with van der Waals surface area (Å²) in [6, 6.07) is 12.4. The molecule has 2 aromatic rings. The first kappa shape index (κ1) is 29.2. The minimum atomic E-state index is -0.356. The van der Waals surface area contributed by atoms with E-state index >= 15 is 0 Å². The molecule has 0 atom stereocenters. The number of ether oxygens (including phenoxy) is 1. The molecule has 0 unspecified atom stereocenters. The summed E-state index contributed by atoms with van der Waals surface area (Å²) in [6.07, 6.45) is 13.6. The van der Waals surface area contributed by atoms with E-state index in [4.69, 9.17) is 4.74 Å². The van der Waals surface area contributed by atoms with Crippen LogP contribution < -0.4 is 20.7 Å². The van der Waals surface area contributed by atoms with Gasteiger partial charge in [-0.05, 0) is 61.7 Å².